The zero-order valence-electron chi connectivity index (χ0n) is 14.6. The molecule has 1 aromatic heterocycles. The van der Waals surface area contributed by atoms with Crippen molar-refractivity contribution in [3.8, 4) is 6.07 Å². The number of aromatic nitrogens is 2. The quantitative estimate of drug-likeness (QED) is 0.594. The van der Waals surface area contributed by atoms with Gasteiger partial charge in [0.05, 0.1) is 12.2 Å². The second-order valence-corrected chi connectivity index (χ2v) is 6.38. The number of hydrogen-bond acceptors (Lipinski definition) is 3. The molecule has 4 nitrogen and oxygen atoms in total. The SMILES string of the molecule is N#Cc1c(Cc2ccccc2F)nn(Cc2cccc3ccccc23)c1N. The van der Waals surface area contributed by atoms with Gasteiger partial charge >= 0.3 is 0 Å². The number of benzene rings is 3. The molecule has 0 aliphatic heterocycles. The summed E-state index contributed by atoms with van der Waals surface area (Å²) in [4.78, 5) is 0. The molecule has 4 aromatic rings. The Kier molecular flexibility index (Phi) is 4.31. The van der Waals surface area contributed by atoms with Gasteiger partial charge in [-0.3, -0.25) is 0 Å². The lowest BCUT2D eigenvalue weighted by molar-refractivity contribution is 0.611. The fourth-order valence-electron chi connectivity index (χ4n) is 3.31. The first kappa shape index (κ1) is 16.8. The Balaban J connectivity index is 1.73. The maximum Gasteiger partial charge on any atom is 0.140 e. The van der Waals surface area contributed by atoms with Crippen molar-refractivity contribution in [2.75, 3.05) is 5.73 Å². The maximum absolute atomic E-state index is 14.0. The highest BCUT2D eigenvalue weighted by Gasteiger charge is 2.17. The minimum absolute atomic E-state index is 0.225. The molecule has 0 aliphatic rings. The van der Waals surface area contributed by atoms with Crippen molar-refractivity contribution >= 4 is 16.6 Å². The molecular weight excluding hydrogens is 339 g/mol. The van der Waals surface area contributed by atoms with Crippen molar-refractivity contribution in [1.29, 1.82) is 5.26 Å². The Labute approximate surface area is 156 Å². The second-order valence-electron chi connectivity index (χ2n) is 6.38. The average Bonchev–Trinajstić information content (AvgIpc) is 2.98. The summed E-state index contributed by atoms with van der Waals surface area (Å²) in [5.41, 5.74) is 8.52. The van der Waals surface area contributed by atoms with Gasteiger partial charge in [-0.2, -0.15) is 10.4 Å². The van der Waals surface area contributed by atoms with E-state index >= 15 is 0 Å². The first-order valence-corrected chi connectivity index (χ1v) is 8.62. The van der Waals surface area contributed by atoms with Crippen molar-refractivity contribution < 1.29 is 4.39 Å². The highest BCUT2D eigenvalue weighted by molar-refractivity contribution is 5.85. The summed E-state index contributed by atoms with van der Waals surface area (Å²) in [6.45, 7) is 0.444. The third-order valence-corrected chi connectivity index (χ3v) is 4.69. The predicted molar refractivity (Wildman–Crippen MR) is 104 cm³/mol. The Morgan fingerprint density at radius 2 is 1.67 bits per heavy atom. The number of fused-ring (bicyclic) bond motifs is 1. The molecule has 132 valence electrons. The third-order valence-electron chi connectivity index (χ3n) is 4.69. The van der Waals surface area contributed by atoms with Gasteiger partial charge in [-0.25, -0.2) is 9.07 Å². The molecule has 1 heterocycles. The molecule has 27 heavy (non-hydrogen) atoms. The fourth-order valence-corrected chi connectivity index (χ4v) is 3.31. The molecule has 0 spiro atoms. The van der Waals surface area contributed by atoms with Crippen LogP contribution in [0.3, 0.4) is 0 Å². The molecule has 0 bridgehead atoms. The maximum atomic E-state index is 14.0. The summed E-state index contributed by atoms with van der Waals surface area (Å²) in [7, 11) is 0. The zero-order valence-corrected chi connectivity index (χ0v) is 14.6. The summed E-state index contributed by atoms with van der Waals surface area (Å²) in [5, 5.41) is 16.3. The van der Waals surface area contributed by atoms with Crippen molar-refractivity contribution in [3.63, 3.8) is 0 Å². The molecule has 5 heteroatoms. The molecule has 0 aliphatic carbocycles. The van der Waals surface area contributed by atoms with Gasteiger partial charge < -0.3 is 5.73 Å². The van der Waals surface area contributed by atoms with Crippen molar-refractivity contribution in [2.24, 2.45) is 0 Å². The first-order chi connectivity index (χ1) is 13.2. The summed E-state index contributed by atoms with van der Waals surface area (Å²) in [6, 6.07) is 22.8. The van der Waals surface area contributed by atoms with Gasteiger partial charge in [0, 0.05) is 6.42 Å². The van der Waals surface area contributed by atoms with Crippen LogP contribution < -0.4 is 5.73 Å². The van der Waals surface area contributed by atoms with Gasteiger partial charge in [-0.05, 0) is 28.0 Å². The van der Waals surface area contributed by atoms with Crippen LogP contribution in [0.1, 0.15) is 22.4 Å². The van der Waals surface area contributed by atoms with E-state index in [-0.39, 0.29) is 12.2 Å². The molecular formula is C22H17FN4. The van der Waals surface area contributed by atoms with Crippen LogP contribution in [0.5, 0.6) is 0 Å². The summed E-state index contributed by atoms with van der Waals surface area (Å²) < 4.78 is 15.6. The normalized spacial score (nSPS) is 10.8. The third kappa shape index (κ3) is 3.13. The van der Waals surface area contributed by atoms with Crippen LogP contribution in [0.2, 0.25) is 0 Å². The Morgan fingerprint density at radius 1 is 0.963 bits per heavy atom. The number of halogens is 1. The molecule has 0 fully saturated rings. The van der Waals surface area contributed by atoms with Crippen molar-refractivity contribution in [3.05, 3.63) is 94.9 Å². The van der Waals surface area contributed by atoms with E-state index in [1.807, 2.05) is 24.3 Å². The Morgan fingerprint density at radius 3 is 2.48 bits per heavy atom. The van der Waals surface area contributed by atoms with Crippen LogP contribution in [-0.4, -0.2) is 9.78 Å². The first-order valence-electron chi connectivity index (χ1n) is 8.62. The molecule has 0 radical (unpaired) electrons. The zero-order chi connectivity index (χ0) is 18.8. The van der Waals surface area contributed by atoms with E-state index < -0.39 is 0 Å². The number of anilines is 1. The largest absolute Gasteiger partial charge is 0.383 e. The Hall–Kier alpha value is -3.65. The van der Waals surface area contributed by atoms with Gasteiger partial charge in [-0.15, -0.1) is 0 Å². The van der Waals surface area contributed by atoms with E-state index in [2.05, 4.69) is 29.4 Å². The smallest absolute Gasteiger partial charge is 0.140 e. The summed E-state index contributed by atoms with van der Waals surface area (Å²) in [5.74, 6) is -0.0136. The van der Waals surface area contributed by atoms with Gasteiger partial charge in [0.25, 0.3) is 0 Å². The molecule has 0 saturated carbocycles. The lowest BCUT2D eigenvalue weighted by Gasteiger charge is -2.08. The lowest BCUT2D eigenvalue weighted by atomic mass is 10.0. The topological polar surface area (TPSA) is 67.6 Å². The van der Waals surface area contributed by atoms with Crippen molar-refractivity contribution in [2.45, 2.75) is 13.0 Å². The van der Waals surface area contributed by atoms with Crippen LogP contribution in [0.25, 0.3) is 10.8 Å². The van der Waals surface area contributed by atoms with E-state index in [0.29, 0.717) is 29.2 Å². The number of nitriles is 1. The molecule has 2 N–H and O–H groups in total. The van der Waals surface area contributed by atoms with E-state index in [0.717, 1.165) is 16.3 Å². The Bertz CT molecular complexity index is 1170. The van der Waals surface area contributed by atoms with E-state index in [4.69, 9.17) is 5.73 Å². The predicted octanol–water partition coefficient (Wildman–Crippen LogP) is 4.27. The van der Waals surface area contributed by atoms with Gasteiger partial charge in [0.15, 0.2) is 0 Å². The van der Waals surface area contributed by atoms with Crippen LogP contribution in [-0.2, 0) is 13.0 Å². The summed E-state index contributed by atoms with van der Waals surface area (Å²) in [6.07, 6.45) is 0.225. The van der Waals surface area contributed by atoms with Crippen LogP contribution in [0, 0.1) is 17.1 Å². The minimum atomic E-state index is -0.316. The van der Waals surface area contributed by atoms with Gasteiger partial charge in [-0.1, -0.05) is 60.7 Å². The van der Waals surface area contributed by atoms with Crippen molar-refractivity contribution in [1.82, 2.24) is 9.78 Å². The molecule has 3 aromatic carbocycles. The van der Waals surface area contributed by atoms with Crippen LogP contribution in [0.4, 0.5) is 10.2 Å². The highest BCUT2D eigenvalue weighted by Crippen LogP contribution is 2.24. The second kappa shape index (κ2) is 6.93. The van der Waals surface area contributed by atoms with E-state index in [9.17, 15) is 9.65 Å². The molecule has 0 saturated heterocycles. The molecule has 0 atom stereocenters. The van der Waals surface area contributed by atoms with E-state index in [1.54, 1.807) is 22.9 Å². The monoisotopic (exact) mass is 356 g/mol. The molecule has 4 rings (SSSR count). The van der Waals surface area contributed by atoms with Crippen LogP contribution >= 0.6 is 0 Å². The van der Waals surface area contributed by atoms with Crippen LogP contribution in [0.15, 0.2) is 66.7 Å². The lowest BCUT2D eigenvalue weighted by Crippen LogP contribution is -2.07. The average molecular weight is 356 g/mol. The van der Waals surface area contributed by atoms with Gasteiger partial charge in [0.2, 0.25) is 0 Å². The molecule has 0 unspecified atom stereocenters. The number of rotatable bonds is 4. The number of nitrogen functional groups attached to an aromatic ring is 1. The fraction of sp³-hybridized carbons (Fsp3) is 0.0909. The van der Waals surface area contributed by atoms with E-state index in [1.165, 1.54) is 6.07 Å². The minimum Gasteiger partial charge on any atom is -0.383 e. The number of nitrogens with two attached hydrogens (primary N) is 1. The standard InChI is InChI=1S/C22H17FN4/c23-20-11-4-2-7-16(20)12-21-19(13-24)22(25)27(26-21)14-17-9-5-8-15-6-1-3-10-18(15)17/h1-11H,12,14,25H2. The highest BCUT2D eigenvalue weighted by atomic mass is 19.1. The number of nitrogens with zero attached hydrogens (tertiary/aromatic N) is 3. The van der Waals surface area contributed by atoms with Gasteiger partial charge in [0.1, 0.15) is 23.3 Å². The summed E-state index contributed by atoms with van der Waals surface area (Å²) >= 11 is 0. The molecule has 0 amide bonds. The number of hydrogen-bond donors (Lipinski definition) is 1.